The average Bonchev–Trinajstić information content (AvgIpc) is 1.96. The van der Waals surface area contributed by atoms with E-state index < -0.39 is 23.6 Å². The van der Waals surface area contributed by atoms with Gasteiger partial charge in [-0.3, -0.25) is 4.79 Å². The zero-order valence-corrected chi connectivity index (χ0v) is 7.73. The molecular weight excluding hydrogens is 199 g/mol. The highest BCUT2D eigenvalue weighted by Crippen LogP contribution is 2.46. The maximum Gasteiger partial charge on any atom is 0.406 e. The summed E-state index contributed by atoms with van der Waals surface area (Å²) < 4.78 is 41.3. The number of halogens is 3. The Hall–Kier alpha value is -0.780. The normalized spacial score (nSPS) is 32.2. The molecule has 3 nitrogen and oxygen atoms in total. The van der Waals surface area contributed by atoms with Gasteiger partial charge in [0.15, 0.2) is 0 Å². The van der Waals surface area contributed by atoms with Gasteiger partial charge in [-0.1, -0.05) is 0 Å². The molecule has 0 aromatic rings. The molecule has 0 atom stereocenters. The van der Waals surface area contributed by atoms with Crippen molar-refractivity contribution in [3.63, 3.8) is 0 Å². The molecule has 6 heteroatoms. The van der Waals surface area contributed by atoms with Crippen molar-refractivity contribution in [2.24, 2.45) is 11.7 Å². The molecular formula is C8H12F3NO2. The van der Waals surface area contributed by atoms with Crippen LogP contribution < -0.4 is 5.73 Å². The van der Waals surface area contributed by atoms with Gasteiger partial charge in [-0.15, -0.1) is 0 Å². The van der Waals surface area contributed by atoms with Crippen molar-refractivity contribution in [2.75, 3.05) is 6.61 Å². The van der Waals surface area contributed by atoms with E-state index in [0.29, 0.717) is 0 Å². The molecule has 82 valence electrons. The molecule has 1 rings (SSSR count). The summed E-state index contributed by atoms with van der Waals surface area (Å²) in [6.45, 7) is 1.79. The first-order valence-corrected chi connectivity index (χ1v) is 4.32. The number of hydrogen-bond donors (Lipinski definition) is 1. The predicted molar refractivity (Wildman–Crippen MR) is 42.3 cm³/mol. The summed E-state index contributed by atoms with van der Waals surface area (Å²) in [4.78, 5) is 11.0. The van der Waals surface area contributed by atoms with Crippen molar-refractivity contribution in [3.8, 4) is 0 Å². The number of rotatable bonds is 2. The van der Waals surface area contributed by atoms with E-state index in [1.165, 1.54) is 0 Å². The third kappa shape index (κ3) is 1.84. The topological polar surface area (TPSA) is 52.3 Å². The molecule has 0 amide bonds. The highest BCUT2D eigenvalue weighted by molar-refractivity contribution is 5.74. The lowest BCUT2D eigenvalue weighted by Crippen LogP contribution is -2.63. The van der Waals surface area contributed by atoms with Crippen LogP contribution in [0.25, 0.3) is 0 Å². The lowest BCUT2D eigenvalue weighted by atomic mass is 9.68. The van der Waals surface area contributed by atoms with E-state index in [4.69, 9.17) is 5.73 Å². The summed E-state index contributed by atoms with van der Waals surface area (Å²) in [6.07, 6.45) is -5.17. The highest BCUT2D eigenvalue weighted by atomic mass is 19.4. The molecule has 0 unspecified atom stereocenters. The van der Waals surface area contributed by atoms with Gasteiger partial charge < -0.3 is 10.5 Å². The van der Waals surface area contributed by atoms with E-state index in [1.807, 2.05) is 0 Å². The van der Waals surface area contributed by atoms with Crippen molar-refractivity contribution < 1.29 is 22.7 Å². The minimum absolute atomic E-state index is 0.179. The molecule has 1 aliphatic carbocycles. The van der Waals surface area contributed by atoms with Gasteiger partial charge >= 0.3 is 12.1 Å². The quantitative estimate of drug-likeness (QED) is 0.698. The maximum absolute atomic E-state index is 12.2. The van der Waals surface area contributed by atoms with Gasteiger partial charge in [0.25, 0.3) is 0 Å². The second-order valence-corrected chi connectivity index (χ2v) is 3.51. The van der Waals surface area contributed by atoms with E-state index in [1.54, 1.807) is 6.92 Å². The minimum Gasteiger partial charge on any atom is -0.466 e. The van der Waals surface area contributed by atoms with Gasteiger partial charge in [0.2, 0.25) is 0 Å². The standard InChI is InChI=1S/C8H12F3NO2/c1-2-14-6(13)5-3-7(12,4-5)8(9,10)11/h5H,2-4,12H2,1H3. The molecule has 14 heavy (non-hydrogen) atoms. The molecule has 0 heterocycles. The summed E-state index contributed by atoms with van der Waals surface area (Å²) in [7, 11) is 0. The van der Waals surface area contributed by atoms with Crippen LogP contribution in [0, 0.1) is 5.92 Å². The fraction of sp³-hybridized carbons (Fsp3) is 0.875. The van der Waals surface area contributed by atoms with Gasteiger partial charge in [0, 0.05) is 0 Å². The van der Waals surface area contributed by atoms with E-state index in [-0.39, 0.29) is 19.4 Å². The van der Waals surface area contributed by atoms with Gasteiger partial charge in [0.1, 0.15) is 5.54 Å². The smallest absolute Gasteiger partial charge is 0.406 e. The first kappa shape index (κ1) is 11.3. The predicted octanol–water partition coefficient (Wildman–Crippen LogP) is 1.22. The molecule has 0 aliphatic heterocycles. The largest absolute Gasteiger partial charge is 0.466 e. The number of ether oxygens (including phenoxy) is 1. The van der Waals surface area contributed by atoms with Gasteiger partial charge in [-0.25, -0.2) is 0 Å². The molecule has 0 spiro atoms. The van der Waals surface area contributed by atoms with E-state index in [2.05, 4.69) is 4.74 Å². The molecule has 0 aromatic heterocycles. The Balaban J connectivity index is 2.47. The molecule has 0 aromatic carbocycles. The lowest BCUT2D eigenvalue weighted by Gasteiger charge is -2.44. The Labute approximate surface area is 79.4 Å². The Morgan fingerprint density at radius 3 is 2.43 bits per heavy atom. The zero-order chi connectivity index (χ0) is 11.0. The fourth-order valence-electron chi connectivity index (χ4n) is 1.48. The van der Waals surface area contributed by atoms with Gasteiger partial charge in [0.05, 0.1) is 12.5 Å². The van der Waals surface area contributed by atoms with Crippen molar-refractivity contribution in [1.29, 1.82) is 0 Å². The number of carbonyl (C=O) groups is 1. The molecule has 1 saturated carbocycles. The Bertz CT molecular complexity index is 233. The zero-order valence-electron chi connectivity index (χ0n) is 7.73. The van der Waals surface area contributed by atoms with Crippen LogP contribution in [-0.2, 0) is 9.53 Å². The van der Waals surface area contributed by atoms with Crippen molar-refractivity contribution >= 4 is 5.97 Å². The second kappa shape index (κ2) is 3.42. The summed E-state index contributed by atoms with van der Waals surface area (Å²) in [6, 6.07) is 0. The maximum atomic E-state index is 12.2. The minimum atomic E-state index is -4.43. The number of esters is 1. The Morgan fingerprint density at radius 2 is 2.07 bits per heavy atom. The van der Waals surface area contributed by atoms with Crippen LogP contribution in [0.5, 0.6) is 0 Å². The van der Waals surface area contributed by atoms with E-state index in [0.717, 1.165) is 0 Å². The van der Waals surface area contributed by atoms with Crippen LogP contribution in [0.15, 0.2) is 0 Å². The summed E-state index contributed by atoms with van der Waals surface area (Å²) in [5.41, 5.74) is 2.88. The van der Waals surface area contributed by atoms with Crippen molar-refractivity contribution in [3.05, 3.63) is 0 Å². The fourth-order valence-corrected chi connectivity index (χ4v) is 1.48. The van der Waals surface area contributed by atoms with Crippen LogP contribution in [0.2, 0.25) is 0 Å². The third-order valence-corrected chi connectivity index (χ3v) is 2.41. The number of nitrogens with two attached hydrogens (primary N) is 1. The number of carbonyl (C=O) groups excluding carboxylic acids is 1. The summed E-state index contributed by atoms with van der Waals surface area (Å²) in [5, 5.41) is 0. The van der Waals surface area contributed by atoms with Gasteiger partial charge in [-0.2, -0.15) is 13.2 Å². The van der Waals surface area contributed by atoms with Crippen molar-refractivity contribution in [1.82, 2.24) is 0 Å². The number of alkyl halides is 3. The summed E-state index contributed by atoms with van der Waals surface area (Å²) >= 11 is 0. The SMILES string of the molecule is CCOC(=O)C1CC(N)(C(F)(F)F)C1. The number of hydrogen-bond acceptors (Lipinski definition) is 3. The molecule has 1 fully saturated rings. The monoisotopic (exact) mass is 211 g/mol. The molecule has 0 saturated heterocycles. The van der Waals surface area contributed by atoms with Crippen LogP contribution in [-0.4, -0.2) is 24.3 Å². The third-order valence-electron chi connectivity index (χ3n) is 2.41. The Kier molecular flexibility index (Phi) is 2.76. The average molecular weight is 211 g/mol. The van der Waals surface area contributed by atoms with Gasteiger partial charge in [-0.05, 0) is 19.8 Å². The Morgan fingerprint density at radius 1 is 1.57 bits per heavy atom. The van der Waals surface area contributed by atoms with E-state index >= 15 is 0 Å². The van der Waals surface area contributed by atoms with Crippen LogP contribution in [0.1, 0.15) is 19.8 Å². The summed E-state index contributed by atoms with van der Waals surface area (Å²) in [5.74, 6) is -1.28. The second-order valence-electron chi connectivity index (χ2n) is 3.51. The first-order valence-electron chi connectivity index (χ1n) is 4.32. The lowest BCUT2D eigenvalue weighted by molar-refractivity contribution is -0.221. The highest BCUT2D eigenvalue weighted by Gasteiger charge is 2.61. The molecule has 2 N–H and O–H groups in total. The van der Waals surface area contributed by atoms with Crippen LogP contribution in [0.3, 0.4) is 0 Å². The van der Waals surface area contributed by atoms with Crippen molar-refractivity contribution in [2.45, 2.75) is 31.5 Å². The molecule has 0 bridgehead atoms. The first-order chi connectivity index (χ1) is 6.30. The molecule has 1 aliphatic rings. The van der Waals surface area contributed by atoms with E-state index in [9.17, 15) is 18.0 Å². The van der Waals surface area contributed by atoms with Crippen LogP contribution >= 0.6 is 0 Å². The molecule has 0 radical (unpaired) electrons. The van der Waals surface area contributed by atoms with Crippen LogP contribution in [0.4, 0.5) is 13.2 Å².